The Labute approximate surface area is 99.6 Å². The standard InChI is InChI=1S/C13H26N2O/c1-10-8-13(2,3)9-11(10)14-7-6-12(16)15(4)5/h10-11,14H,6-9H2,1-5H3. The van der Waals surface area contributed by atoms with Gasteiger partial charge in [0, 0.05) is 33.1 Å². The van der Waals surface area contributed by atoms with Gasteiger partial charge in [-0.25, -0.2) is 0 Å². The second-order valence-corrected chi connectivity index (χ2v) is 6.15. The number of hydrogen-bond acceptors (Lipinski definition) is 2. The maximum absolute atomic E-state index is 11.4. The molecule has 1 aliphatic rings. The van der Waals surface area contributed by atoms with Crippen LogP contribution in [0, 0.1) is 11.3 Å². The zero-order valence-electron chi connectivity index (χ0n) is 11.3. The second-order valence-electron chi connectivity index (χ2n) is 6.15. The minimum Gasteiger partial charge on any atom is -0.349 e. The third kappa shape index (κ3) is 3.78. The van der Waals surface area contributed by atoms with Crippen LogP contribution in [0.25, 0.3) is 0 Å². The molecule has 0 aliphatic heterocycles. The molecule has 1 aliphatic carbocycles. The van der Waals surface area contributed by atoms with Gasteiger partial charge in [0.25, 0.3) is 0 Å². The van der Waals surface area contributed by atoms with E-state index in [4.69, 9.17) is 0 Å². The van der Waals surface area contributed by atoms with Crippen LogP contribution in [0.5, 0.6) is 0 Å². The van der Waals surface area contributed by atoms with Crippen molar-refractivity contribution in [2.75, 3.05) is 20.6 Å². The van der Waals surface area contributed by atoms with E-state index in [1.54, 1.807) is 4.90 Å². The summed E-state index contributed by atoms with van der Waals surface area (Å²) >= 11 is 0. The van der Waals surface area contributed by atoms with Crippen LogP contribution in [0.2, 0.25) is 0 Å². The first-order chi connectivity index (χ1) is 7.32. The molecule has 2 unspecified atom stereocenters. The molecular formula is C13H26N2O. The van der Waals surface area contributed by atoms with Gasteiger partial charge in [0.15, 0.2) is 0 Å². The average Bonchev–Trinajstić information content (AvgIpc) is 2.39. The number of carbonyl (C=O) groups excluding carboxylic acids is 1. The van der Waals surface area contributed by atoms with Crippen LogP contribution in [-0.4, -0.2) is 37.5 Å². The molecule has 0 aromatic rings. The molecule has 1 N–H and O–H groups in total. The minimum absolute atomic E-state index is 0.206. The third-order valence-electron chi connectivity index (χ3n) is 3.58. The number of carbonyl (C=O) groups is 1. The Balaban J connectivity index is 2.26. The highest BCUT2D eigenvalue weighted by Crippen LogP contribution is 2.40. The number of amides is 1. The molecule has 3 nitrogen and oxygen atoms in total. The number of nitrogens with one attached hydrogen (secondary N) is 1. The molecule has 16 heavy (non-hydrogen) atoms. The van der Waals surface area contributed by atoms with Gasteiger partial charge in [0.2, 0.25) is 5.91 Å². The summed E-state index contributed by atoms with van der Waals surface area (Å²) in [6, 6.07) is 0.588. The SMILES string of the molecule is CC1CC(C)(C)CC1NCCC(=O)N(C)C. The summed E-state index contributed by atoms with van der Waals surface area (Å²) in [4.78, 5) is 13.1. The summed E-state index contributed by atoms with van der Waals surface area (Å²) < 4.78 is 0. The average molecular weight is 226 g/mol. The summed E-state index contributed by atoms with van der Waals surface area (Å²) in [5.74, 6) is 0.932. The van der Waals surface area contributed by atoms with Gasteiger partial charge in [-0.05, 0) is 24.2 Å². The predicted octanol–water partition coefficient (Wildman–Crippen LogP) is 1.88. The van der Waals surface area contributed by atoms with Gasteiger partial charge in [0.05, 0.1) is 0 Å². The fraction of sp³-hybridized carbons (Fsp3) is 0.923. The molecule has 1 rings (SSSR count). The van der Waals surface area contributed by atoms with Crippen molar-refractivity contribution in [1.82, 2.24) is 10.2 Å². The molecule has 1 amide bonds. The van der Waals surface area contributed by atoms with Crippen molar-refractivity contribution in [1.29, 1.82) is 0 Å². The molecule has 0 heterocycles. The normalized spacial score (nSPS) is 28.1. The Morgan fingerprint density at radius 3 is 2.44 bits per heavy atom. The number of hydrogen-bond donors (Lipinski definition) is 1. The molecule has 1 fully saturated rings. The van der Waals surface area contributed by atoms with Crippen LogP contribution in [0.3, 0.4) is 0 Å². The molecule has 3 heteroatoms. The molecule has 94 valence electrons. The summed E-state index contributed by atoms with van der Waals surface area (Å²) in [5.41, 5.74) is 0.461. The molecule has 0 saturated heterocycles. The van der Waals surface area contributed by atoms with Crippen molar-refractivity contribution < 1.29 is 4.79 Å². The first-order valence-corrected chi connectivity index (χ1v) is 6.25. The lowest BCUT2D eigenvalue weighted by atomic mass is 9.91. The molecule has 1 saturated carbocycles. The van der Waals surface area contributed by atoms with Crippen LogP contribution in [-0.2, 0) is 4.79 Å². The molecular weight excluding hydrogens is 200 g/mol. The zero-order valence-corrected chi connectivity index (χ0v) is 11.3. The van der Waals surface area contributed by atoms with Gasteiger partial charge in [-0.2, -0.15) is 0 Å². The smallest absolute Gasteiger partial charge is 0.223 e. The lowest BCUT2D eigenvalue weighted by Gasteiger charge is -2.19. The first kappa shape index (κ1) is 13.5. The Morgan fingerprint density at radius 2 is 2.00 bits per heavy atom. The van der Waals surface area contributed by atoms with E-state index in [-0.39, 0.29) is 5.91 Å². The Hall–Kier alpha value is -0.570. The van der Waals surface area contributed by atoms with E-state index in [9.17, 15) is 4.79 Å². The minimum atomic E-state index is 0.206. The monoisotopic (exact) mass is 226 g/mol. The summed E-state index contributed by atoms with van der Waals surface area (Å²) in [5, 5.41) is 3.53. The summed E-state index contributed by atoms with van der Waals surface area (Å²) in [6.07, 6.45) is 3.12. The second kappa shape index (κ2) is 5.17. The predicted molar refractivity (Wildman–Crippen MR) is 67.3 cm³/mol. The van der Waals surface area contributed by atoms with Crippen molar-refractivity contribution in [2.24, 2.45) is 11.3 Å². The maximum Gasteiger partial charge on any atom is 0.223 e. The van der Waals surface area contributed by atoms with Crippen LogP contribution in [0.1, 0.15) is 40.0 Å². The van der Waals surface area contributed by atoms with Gasteiger partial charge < -0.3 is 10.2 Å². The van der Waals surface area contributed by atoms with Crippen molar-refractivity contribution >= 4 is 5.91 Å². The van der Waals surface area contributed by atoms with Crippen molar-refractivity contribution in [2.45, 2.75) is 46.1 Å². The highest BCUT2D eigenvalue weighted by molar-refractivity contribution is 5.75. The van der Waals surface area contributed by atoms with E-state index in [0.29, 0.717) is 17.9 Å². The first-order valence-electron chi connectivity index (χ1n) is 6.25. The maximum atomic E-state index is 11.4. The lowest BCUT2D eigenvalue weighted by molar-refractivity contribution is -0.128. The van der Waals surface area contributed by atoms with Gasteiger partial charge in [0.1, 0.15) is 0 Å². The van der Waals surface area contributed by atoms with Crippen molar-refractivity contribution in [3.63, 3.8) is 0 Å². The van der Waals surface area contributed by atoms with Crippen LogP contribution >= 0.6 is 0 Å². The van der Waals surface area contributed by atoms with Gasteiger partial charge >= 0.3 is 0 Å². The third-order valence-corrected chi connectivity index (χ3v) is 3.58. The fourth-order valence-corrected chi connectivity index (χ4v) is 2.76. The van der Waals surface area contributed by atoms with Crippen molar-refractivity contribution in [3.05, 3.63) is 0 Å². The van der Waals surface area contributed by atoms with Gasteiger partial charge in [-0.15, -0.1) is 0 Å². The van der Waals surface area contributed by atoms with Gasteiger partial charge in [-0.3, -0.25) is 4.79 Å². The molecule has 0 aromatic carbocycles. The zero-order chi connectivity index (χ0) is 12.3. The highest BCUT2D eigenvalue weighted by atomic mass is 16.2. The van der Waals surface area contributed by atoms with E-state index in [1.807, 2.05) is 14.1 Å². The van der Waals surface area contributed by atoms with E-state index >= 15 is 0 Å². The Bertz CT molecular complexity index is 248. The van der Waals surface area contributed by atoms with Crippen LogP contribution in [0.15, 0.2) is 0 Å². The molecule has 0 aromatic heterocycles. The largest absolute Gasteiger partial charge is 0.349 e. The van der Waals surface area contributed by atoms with Gasteiger partial charge in [-0.1, -0.05) is 20.8 Å². The van der Waals surface area contributed by atoms with E-state index < -0.39 is 0 Å². The van der Waals surface area contributed by atoms with Crippen LogP contribution in [0.4, 0.5) is 0 Å². The Morgan fingerprint density at radius 1 is 1.38 bits per heavy atom. The number of rotatable bonds is 4. The van der Waals surface area contributed by atoms with E-state index in [0.717, 1.165) is 12.5 Å². The molecule has 0 bridgehead atoms. The molecule has 0 spiro atoms. The van der Waals surface area contributed by atoms with E-state index in [1.165, 1.54) is 12.8 Å². The topological polar surface area (TPSA) is 32.3 Å². The fourth-order valence-electron chi connectivity index (χ4n) is 2.76. The summed E-state index contributed by atoms with van der Waals surface area (Å²) in [7, 11) is 3.62. The molecule has 0 radical (unpaired) electrons. The highest BCUT2D eigenvalue weighted by Gasteiger charge is 2.36. The number of nitrogens with zero attached hydrogens (tertiary/aromatic N) is 1. The quantitative estimate of drug-likeness (QED) is 0.794. The molecule has 2 atom stereocenters. The Kier molecular flexibility index (Phi) is 4.36. The van der Waals surface area contributed by atoms with E-state index in [2.05, 4.69) is 26.1 Å². The summed E-state index contributed by atoms with van der Waals surface area (Å²) in [6.45, 7) is 7.77. The van der Waals surface area contributed by atoms with Crippen molar-refractivity contribution in [3.8, 4) is 0 Å². The van der Waals surface area contributed by atoms with Crippen LogP contribution < -0.4 is 5.32 Å². The lowest BCUT2D eigenvalue weighted by Crippen LogP contribution is -2.35.